The van der Waals surface area contributed by atoms with Crippen LogP contribution in [0.25, 0.3) is 6.08 Å². The first kappa shape index (κ1) is 16.4. The van der Waals surface area contributed by atoms with Crippen LogP contribution in [0, 0.1) is 0 Å². The maximum Gasteiger partial charge on any atom is 0.119 e. The van der Waals surface area contributed by atoms with Crippen molar-refractivity contribution < 1.29 is 4.74 Å². The highest BCUT2D eigenvalue weighted by Crippen LogP contribution is 2.32. The van der Waals surface area contributed by atoms with Gasteiger partial charge >= 0.3 is 0 Å². The SMILES string of the molecule is CCCC[C@@](C)(/C=C/c1cccc(OC)c1)c1ccccc1. The van der Waals surface area contributed by atoms with Crippen LogP contribution in [0.4, 0.5) is 0 Å². The summed E-state index contributed by atoms with van der Waals surface area (Å²) >= 11 is 0. The van der Waals surface area contributed by atoms with E-state index in [9.17, 15) is 0 Å². The minimum atomic E-state index is 0.0698. The van der Waals surface area contributed by atoms with Gasteiger partial charge in [0.1, 0.15) is 5.75 Å². The highest BCUT2D eigenvalue weighted by molar-refractivity contribution is 5.54. The fourth-order valence-corrected chi connectivity index (χ4v) is 2.71. The first-order valence-corrected chi connectivity index (χ1v) is 8.07. The third kappa shape index (κ3) is 4.24. The molecule has 1 nitrogen and oxygen atoms in total. The number of rotatable bonds is 7. The van der Waals surface area contributed by atoms with Gasteiger partial charge in [-0.2, -0.15) is 0 Å². The predicted octanol–water partition coefficient (Wildman–Crippen LogP) is 5.86. The second-order valence-corrected chi connectivity index (χ2v) is 6.00. The molecule has 0 aromatic heterocycles. The summed E-state index contributed by atoms with van der Waals surface area (Å²) in [5.41, 5.74) is 2.63. The van der Waals surface area contributed by atoms with Crippen LogP contribution in [0.1, 0.15) is 44.2 Å². The number of methoxy groups -OCH3 is 1. The zero-order valence-corrected chi connectivity index (χ0v) is 13.9. The van der Waals surface area contributed by atoms with Gasteiger partial charge in [0.2, 0.25) is 0 Å². The Morgan fingerprint density at radius 1 is 1.05 bits per heavy atom. The van der Waals surface area contributed by atoms with Crippen molar-refractivity contribution in [1.82, 2.24) is 0 Å². The van der Waals surface area contributed by atoms with Crippen LogP contribution in [0.2, 0.25) is 0 Å². The summed E-state index contributed by atoms with van der Waals surface area (Å²) in [6.07, 6.45) is 8.16. The molecule has 0 radical (unpaired) electrons. The smallest absolute Gasteiger partial charge is 0.119 e. The summed E-state index contributed by atoms with van der Waals surface area (Å²) in [5, 5.41) is 0. The van der Waals surface area contributed by atoms with Gasteiger partial charge in [-0.1, -0.05) is 81.3 Å². The van der Waals surface area contributed by atoms with Crippen LogP contribution < -0.4 is 4.74 Å². The second kappa shape index (κ2) is 7.84. The van der Waals surface area contributed by atoms with Gasteiger partial charge in [-0.25, -0.2) is 0 Å². The van der Waals surface area contributed by atoms with Gasteiger partial charge in [-0.05, 0) is 29.7 Å². The molecule has 0 heterocycles. The lowest BCUT2D eigenvalue weighted by Gasteiger charge is -2.27. The molecule has 0 aliphatic rings. The molecule has 1 atom stereocenters. The number of ether oxygens (including phenoxy) is 1. The van der Waals surface area contributed by atoms with E-state index in [1.165, 1.54) is 24.0 Å². The van der Waals surface area contributed by atoms with Crippen LogP contribution in [-0.2, 0) is 5.41 Å². The van der Waals surface area contributed by atoms with Gasteiger partial charge < -0.3 is 4.74 Å². The van der Waals surface area contributed by atoms with Crippen LogP contribution in [0.15, 0.2) is 60.7 Å². The maximum atomic E-state index is 5.30. The van der Waals surface area contributed by atoms with Crippen LogP contribution in [-0.4, -0.2) is 7.11 Å². The van der Waals surface area contributed by atoms with Crippen molar-refractivity contribution in [2.45, 2.75) is 38.5 Å². The molecule has 0 unspecified atom stereocenters. The topological polar surface area (TPSA) is 9.23 Å². The summed E-state index contributed by atoms with van der Waals surface area (Å²) in [6.45, 7) is 4.58. The number of allylic oxidation sites excluding steroid dienone is 1. The quantitative estimate of drug-likeness (QED) is 0.621. The van der Waals surface area contributed by atoms with Crippen molar-refractivity contribution in [2.24, 2.45) is 0 Å². The number of benzene rings is 2. The van der Waals surface area contributed by atoms with Crippen molar-refractivity contribution in [3.05, 3.63) is 71.8 Å². The van der Waals surface area contributed by atoms with E-state index in [1.54, 1.807) is 7.11 Å². The molecule has 0 aliphatic carbocycles. The Bertz CT molecular complexity index is 600. The lowest BCUT2D eigenvalue weighted by molar-refractivity contribution is 0.414. The Morgan fingerprint density at radius 3 is 2.50 bits per heavy atom. The molecular formula is C21H26O. The van der Waals surface area contributed by atoms with E-state index in [1.807, 2.05) is 12.1 Å². The highest BCUT2D eigenvalue weighted by atomic mass is 16.5. The predicted molar refractivity (Wildman–Crippen MR) is 95.3 cm³/mol. The third-order valence-corrected chi connectivity index (χ3v) is 4.22. The second-order valence-electron chi connectivity index (χ2n) is 6.00. The first-order chi connectivity index (χ1) is 10.7. The van der Waals surface area contributed by atoms with E-state index in [0.29, 0.717) is 0 Å². The molecular weight excluding hydrogens is 268 g/mol. The summed E-state index contributed by atoms with van der Waals surface area (Å²) in [7, 11) is 1.71. The van der Waals surface area contributed by atoms with Crippen molar-refractivity contribution >= 4 is 6.08 Å². The zero-order chi connectivity index (χ0) is 15.8. The Hall–Kier alpha value is -2.02. The molecule has 1 heteroatoms. The summed E-state index contributed by atoms with van der Waals surface area (Å²) < 4.78 is 5.30. The van der Waals surface area contributed by atoms with Crippen molar-refractivity contribution in [1.29, 1.82) is 0 Å². The van der Waals surface area contributed by atoms with E-state index in [-0.39, 0.29) is 5.41 Å². The summed E-state index contributed by atoms with van der Waals surface area (Å²) in [6, 6.07) is 19.0. The minimum Gasteiger partial charge on any atom is -0.497 e. The Morgan fingerprint density at radius 2 is 1.82 bits per heavy atom. The standard InChI is InChI=1S/C21H26O/c1-4-5-15-21(2,19-11-7-6-8-12-19)16-14-18-10-9-13-20(17-18)22-3/h6-14,16-17H,4-5,15H2,1-3H3/b16-14+/t21-/m0/s1. The molecule has 2 rings (SSSR count). The normalized spacial score (nSPS) is 14.0. The van der Waals surface area contributed by atoms with Crippen LogP contribution in [0.5, 0.6) is 5.75 Å². The lowest BCUT2D eigenvalue weighted by atomic mass is 9.77. The van der Waals surface area contributed by atoms with Crippen molar-refractivity contribution in [3.63, 3.8) is 0 Å². The minimum absolute atomic E-state index is 0.0698. The molecule has 0 fully saturated rings. The molecule has 0 aliphatic heterocycles. The van der Waals surface area contributed by atoms with Crippen LogP contribution in [0.3, 0.4) is 0 Å². The molecule has 0 amide bonds. The molecule has 0 saturated carbocycles. The molecule has 2 aromatic rings. The Labute approximate surface area is 134 Å². The summed E-state index contributed by atoms with van der Waals surface area (Å²) in [4.78, 5) is 0. The number of hydrogen-bond acceptors (Lipinski definition) is 1. The average molecular weight is 294 g/mol. The van der Waals surface area contributed by atoms with Gasteiger partial charge in [0.15, 0.2) is 0 Å². The van der Waals surface area contributed by atoms with E-state index < -0.39 is 0 Å². The molecule has 0 spiro atoms. The first-order valence-electron chi connectivity index (χ1n) is 8.07. The molecule has 116 valence electrons. The lowest BCUT2D eigenvalue weighted by Crippen LogP contribution is -2.18. The van der Waals surface area contributed by atoms with E-state index in [0.717, 1.165) is 12.2 Å². The van der Waals surface area contributed by atoms with Gasteiger partial charge in [0.25, 0.3) is 0 Å². The van der Waals surface area contributed by atoms with Crippen molar-refractivity contribution in [3.8, 4) is 5.75 Å². The average Bonchev–Trinajstić information content (AvgIpc) is 2.59. The Balaban J connectivity index is 2.27. The molecule has 0 saturated heterocycles. The van der Waals surface area contributed by atoms with Gasteiger partial charge in [-0.3, -0.25) is 0 Å². The zero-order valence-electron chi connectivity index (χ0n) is 13.9. The summed E-state index contributed by atoms with van der Waals surface area (Å²) in [5.74, 6) is 0.900. The molecule has 0 bridgehead atoms. The fraction of sp³-hybridized carbons (Fsp3) is 0.333. The third-order valence-electron chi connectivity index (χ3n) is 4.22. The Kier molecular flexibility index (Phi) is 5.83. The molecule has 0 N–H and O–H groups in total. The van der Waals surface area contributed by atoms with Crippen LogP contribution >= 0.6 is 0 Å². The van der Waals surface area contributed by atoms with E-state index in [2.05, 4.69) is 68.5 Å². The van der Waals surface area contributed by atoms with E-state index >= 15 is 0 Å². The van der Waals surface area contributed by atoms with Gasteiger partial charge in [0.05, 0.1) is 7.11 Å². The number of hydrogen-bond donors (Lipinski definition) is 0. The maximum absolute atomic E-state index is 5.30. The fourth-order valence-electron chi connectivity index (χ4n) is 2.71. The number of unbranched alkanes of at least 4 members (excludes halogenated alkanes) is 1. The van der Waals surface area contributed by atoms with E-state index in [4.69, 9.17) is 4.74 Å². The molecule has 22 heavy (non-hydrogen) atoms. The van der Waals surface area contributed by atoms with Crippen molar-refractivity contribution in [2.75, 3.05) is 7.11 Å². The largest absolute Gasteiger partial charge is 0.497 e. The molecule has 2 aromatic carbocycles. The highest BCUT2D eigenvalue weighted by Gasteiger charge is 2.22. The van der Waals surface area contributed by atoms with Gasteiger partial charge in [0, 0.05) is 5.41 Å². The van der Waals surface area contributed by atoms with Gasteiger partial charge in [-0.15, -0.1) is 0 Å². The monoisotopic (exact) mass is 294 g/mol.